The summed E-state index contributed by atoms with van der Waals surface area (Å²) in [5, 5.41) is 2.52. The van der Waals surface area contributed by atoms with Crippen molar-refractivity contribution in [3.05, 3.63) is 71.3 Å². The monoisotopic (exact) mass is 521 g/mol. The van der Waals surface area contributed by atoms with E-state index in [1.54, 1.807) is 0 Å². The first-order chi connectivity index (χ1) is 17.4. The summed E-state index contributed by atoms with van der Waals surface area (Å²) in [6.45, 7) is 3.94. The Labute approximate surface area is 209 Å². The van der Waals surface area contributed by atoms with Crippen LogP contribution in [0.5, 0.6) is 23.0 Å². The van der Waals surface area contributed by atoms with Gasteiger partial charge < -0.3 is 25.3 Å². The van der Waals surface area contributed by atoms with Crippen LogP contribution in [0.2, 0.25) is 0 Å². The minimum Gasteiger partial charge on any atom is -0.493 e. The van der Waals surface area contributed by atoms with Crippen LogP contribution in [0, 0.1) is 11.7 Å². The van der Waals surface area contributed by atoms with Crippen LogP contribution in [0.15, 0.2) is 48.7 Å². The zero-order chi connectivity index (χ0) is 27.3. The summed E-state index contributed by atoms with van der Waals surface area (Å²) in [7, 11) is 1.23. The topological polar surface area (TPSA) is 113 Å². The maximum Gasteiger partial charge on any atom is 0.573 e. The number of hydrogen-bond donors (Lipinski definition) is 2. The van der Waals surface area contributed by atoms with E-state index in [1.807, 2.05) is 13.8 Å². The average Bonchev–Trinajstić information content (AvgIpc) is 2.79. The highest BCUT2D eigenvalue weighted by atomic mass is 19.4. The van der Waals surface area contributed by atoms with Gasteiger partial charge in [0.25, 0.3) is 11.8 Å². The lowest BCUT2D eigenvalue weighted by Crippen LogP contribution is -2.17. The van der Waals surface area contributed by atoms with Crippen molar-refractivity contribution in [1.82, 2.24) is 4.98 Å². The Bertz CT molecular complexity index is 1310. The molecule has 2 aromatic carbocycles. The molecular weight excluding hydrogens is 498 g/mol. The maximum atomic E-state index is 13.8. The highest BCUT2D eigenvalue weighted by Crippen LogP contribution is 2.37. The first-order valence-electron chi connectivity index (χ1n) is 10.9. The molecule has 1 aromatic heterocycles. The standard InChI is InChI=1S/C25H23F4N3O5/c1-13(2)8-15-10-21(36-20-7-5-16(11-22(20)35-3)37-25(27,28)29)18(12-31-15)24(34)32-14-4-6-19(26)17(9-14)23(30)33/h4-7,9-13H,8H2,1-3H3,(H2,30,33)(H,32,34). The summed E-state index contributed by atoms with van der Waals surface area (Å²) >= 11 is 0. The molecule has 0 aliphatic heterocycles. The second kappa shape index (κ2) is 11.1. The second-order valence-corrected chi connectivity index (χ2v) is 8.25. The van der Waals surface area contributed by atoms with E-state index < -0.39 is 35.3 Å². The highest BCUT2D eigenvalue weighted by Gasteiger charge is 2.31. The third-order valence-corrected chi connectivity index (χ3v) is 4.86. The number of anilines is 1. The minimum atomic E-state index is -4.90. The lowest BCUT2D eigenvalue weighted by Gasteiger charge is -2.16. The Balaban J connectivity index is 1.97. The number of carbonyl (C=O) groups excluding carboxylic acids is 2. The molecule has 37 heavy (non-hydrogen) atoms. The van der Waals surface area contributed by atoms with Crippen LogP contribution in [0.25, 0.3) is 0 Å². The number of nitrogens with one attached hydrogen (secondary N) is 1. The van der Waals surface area contributed by atoms with Gasteiger partial charge in [0.05, 0.1) is 12.7 Å². The molecule has 8 nitrogen and oxygen atoms in total. The Hall–Kier alpha value is -4.35. The quantitative estimate of drug-likeness (QED) is 0.361. The number of nitrogens with two attached hydrogens (primary N) is 1. The van der Waals surface area contributed by atoms with Crippen LogP contribution in [-0.4, -0.2) is 30.3 Å². The van der Waals surface area contributed by atoms with Gasteiger partial charge in [0.1, 0.15) is 22.9 Å². The number of amides is 2. The molecule has 0 fully saturated rings. The van der Waals surface area contributed by atoms with Gasteiger partial charge in [0, 0.05) is 29.7 Å². The van der Waals surface area contributed by atoms with Crippen molar-refractivity contribution >= 4 is 17.5 Å². The van der Waals surface area contributed by atoms with Gasteiger partial charge in [-0.2, -0.15) is 0 Å². The summed E-state index contributed by atoms with van der Waals surface area (Å²) in [5.74, 6) is -2.92. The number of benzene rings is 2. The fraction of sp³-hybridized carbons (Fsp3) is 0.240. The second-order valence-electron chi connectivity index (χ2n) is 8.25. The van der Waals surface area contributed by atoms with E-state index in [4.69, 9.17) is 15.2 Å². The van der Waals surface area contributed by atoms with Gasteiger partial charge in [-0.25, -0.2) is 4.39 Å². The molecule has 3 rings (SSSR count). The van der Waals surface area contributed by atoms with Gasteiger partial charge in [-0.15, -0.1) is 13.2 Å². The Morgan fingerprint density at radius 2 is 1.76 bits per heavy atom. The normalized spacial score (nSPS) is 11.2. The van der Waals surface area contributed by atoms with Crippen molar-refractivity contribution in [2.24, 2.45) is 11.7 Å². The van der Waals surface area contributed by atoms with Crippen LogP contribution in [0.1, 0.15) is 40.3 Å². The summed E-state index contributed by atoms with van der Waals surface area (Å²) < 4.78 is 66.5. The van der Waals surface area contributed by atoms with Gasteiger partial charge in [-0.1, -0.05) is 13.8 Å². The van der Waals surface area contributed by atoms with E-state index in [2.05, 4.69) is 15.0 Å². The molecule has 0 aliphatic rings. The number of primary amides is 1. The smallest absolute Gasteiger partial charge is 0.493 e. The van der Waals surface area contributed by atoms with Gasteiger partial charge in [-0.05, 0) is 42.7 Å². The third kappa shape index (κ3) is 7.32. The van der Waals surface area contributed by atoms with E-state index >= 15 is 0 Å². The van der Waals surface area contributed by atoms with E-state index in [0.717, 1.165) is 24.3 Å². The number of carbonyl (C=O) groups is 2. The summed E-state index contributed by atoms with van der Waals surface area (Å²) in [6.07, 6.45) is -3.08. The van der Waals surface area contributed by atoms with Gasteiger partial charge in [0.2, 0.25) is 0 Å². The molecule has 0 unspecified atom stereocenters. The molecule has 1 heterocycles. The number of nitrogens with zero attached hydrogens (tertiary/aromatic N) is 1. The van der Waals surface area contributed by atoms with Crippen molar-refractivity contribution in [2.45, 2.75) is 26.6 Å². The average molecular weight is 521 g/mol. The lowest BCUT2D eigenvalue weighted by atomic mass is 10.1. The number of alkyl halides is 3. The fourth-order valence-electron chi connectivity index (χ4n) is 3.30. The summed E-state index contributed by atoms with van der Waals surface area (Å²) in [6, 6.07) is 8.04. The van der Waals surface area contributed by atoms with Crippen LogP contribution in [0.3, 0.4) is 0 Å². The molecule has 0 radical (unpaired) electrons. The molecule has 3 aromatic rings. The Kier molecular flexibility index (Phi) is 8.21. The van der Waals surface area contributed by atoms with Gasteiger partial charge in [-0.3, -0.25) is 14.6 Å². The van der Waals surface area contributed by atoms with Crippen molar-refractivity contribution in [3.8, 4) is 23.0 Å². The van der Waals surface area contributed by atoms with Crippen LogP contribution in [-0.2, 0) is 6.42 Å². The number of methoxy groups -OCH3 is 1. The van der Waals surface area contributed by atoms with Crippen LogP contribution >= 0.6 is 0 Å². The largest absolute Gasteiger partial charge is 0.573 e. The molecule has 0 atom stereocenters. The molecule has 12 heteroatoms. The van der Waals surface area contributed by atoms with Gasteiger partial charge >= 0.3 is 6.36 Å². The molecule has 2 amide bonds. The fourth-order valence-corrected chi connectivity index (χ4v) is 3.30. The number of halogens is 4. The minimum absolute atomic E-state index is 0.00516. The number of ether oxygens (including phenoxy) is 3. The molecule has 196 valence electrons. The third-order valence-electron chi connectivity index (χ3n) is 4.86. The zero-order valence-corrected chi connectivity index (χ0v) is 20.0. The molecular formula is C25H23F4N3O5. The number of rotatable bonds is 9. The number of aromatic nitrogens is 1. The van der Waals surface area contributed by atoms with Crippen LogP contribution in [0.4, 0.5) is 23.2 Å². The van der Waals surface area contributed by atoms with E-state index in [-0.39, 0.29) is 34.4 Å². The SMILES string of the molecule is COc1cc(OC(F)(F)F)ccc1Oc1cc(CC(C)C)ncc1C(=O)Nc1ccc(F)c(C(N)=O)c1. The van der Waals surface area contributed by atoms with Crippen molar-refractivity contribution in [1.29, 1.82) is 0 Å². The first kappa shape index (κ1) is 27.2. The summed E-state index contributed by atoms with van der Waals surface area (Å²) in [4.78, 5) is 28.8. The Morgan fingerprint density at radius 3 is 2.38 bits per heavy atom. The zero-order valence-electron chi connectivity index (χ0n) is 20.0. The summed E-state index contributed by atoms with van der Waals surface area (Å²) in [5.41, 5.74) is 5.38. The van der Waals surface area contributed by atoms with Crippen molar-refractivity contribution in [3.63, 3.8) is 0 Å². The predicted molar refractivity (Wildman–Crippen MR) is 125 cm³/mol. The lowest BCUT2D eigenvalue weighted by molar-refractivity contribution is -0.274. The highest BCUT2D eigenvalue weighted by molar-refractivity contribution is 6.06. The predicted octanol–water partition coefficient (Wildman–Crippen LogP) is 5.47. The van der Waals surface area contributed by atoms with E-state index in [1.165, 1.54) is 31.5 Å². The molecule has 3 N–H and O–H groups in total. The van der Waals surface area contributed by atoms with Crippen molar-refractivity contribution < 1.29 is 41.4 Å². The van der Waals surface area contributed by atoms with Crippen molar-refractivity contribution in [2.75, 3.05) is 12.4 Å². The molecule has 0 aliphatic carbocycles. The number of pyridine rings is 1. The maximum absolute atomic E-state index is 13.8. The van der Waals surface area contributed by atoms with E-state index in [0.29, 0.717) is 12.1 Å². The molecule has 0 saturated carbocycles. The van der Waals surface area contributed by atoms with Gasteiger partial charge in [0.15, 0.2) is 11.5 Å². The molecule has 0 spiro atoms. The molecule has 0 bridgehead atoms. The first-order valence-corrected chi connectivity index (χ1v) is 10.9. The molecule has 0 saturated heterocycles. The van der Waals surface area contributed by atoms with Crippen LogP contribution < -0.4 is 25.3 Å². The Morgan fingerprint density at radius 1 is 1.03 bits per heavy atom. The van der Waals surface area contributed by atoms with E-state index in [9.17, 15) is 27.2 Å². The number of hydrogen-bond acceptors (Lipinski definition) is 6.